The summed E-state index contributed by atoms with van der Waals surface area (Å²) in [6.45, 7) is 6.94. The molecule has 0 bridgehead atoms. The largest absolute Gasteiger partial charge is 0.573 e. The maximum atomic E-state index is 13.9. The van der Waals surface area contributed by atoms with Crippen molar-refractivity contribution in [1.29, 1.82) is 0 Å². The van der Waals surface area contributed by atoms with Crippen LogP contribution in [0.5, 0.6) is 5.75 Å². The van der Waals surface area contributed by atoms with Gasteiger partial charge in [0, 0.05) is 30.0 Å². The Morgan fingerprint density at radius 2 is 1.76 bits per heavy atom. The standard InChI is InChI=1S/C34H35F4N5O2S/c1-22(2)29-20-26(35)12-17-30(29)42-18-19-46-33(42)40-31(44)7-5-4-6-23(3)24-8-10-25(11-9-24)32-39-21-43(41-32)27-13-15-28(16-14-27)45-34(36,37)38/h8-17,20-23H,4-7,18-19H2,1-3H3. The van der Waals surface area contributed by atoms with E-state index in [1.54, 1.807) is 23.9 Å². The number of unbranched alkanes of at least 4 members (excludes halogenated alkanes) is 1. The van der Waals surface area contributed by atoms with E-state index in [-0.39, 0.29) is 29.3 Å². The van der Waals surface area contributed by atoms with Crippen molar-refractivity contribution >= 4 is 28.5 Å². The van der Waals surface area contributed by atoms with Gasteiger partial charge >= 0.3 is 6.36 Å². The molecule has 0 aliphatic carbocycles. The SMILES string of the molecule is CC(C)c1cc(F)ccc1N1CCSC1=NC(=O)CCCCC(C)c1ccc(-c2ncn(-c3ccc(OC(F)(F)F)cc3)n2)cc1. The van der Waals surface area contributed by atoms with E-state index in [2.05, 4.69) is 26.7 Å². The molecule has 12 heteroatoms. The molecule has 2 heterocycles. The molecule has 1 amide bonds. The summed E-state index contributed by atoms with van der Waals surface area (Å²) in [7, 11) is 0. The minimum absolute atomic E-state index is 0.142. The van der Waals surface area contributed by atoms with E-state index in [4.69, 9.17) is 0 Å². The second kappa shape index (κ2) is 14.5. The second-order valence-electron chi connectivity index (χ2n) is 11.5. The van der Waals surface area contributed by atoms with Crippen molar-refractivity contribution in [3.63, 3.8) is 0 Å². The number of aliphatic imine (C=N–C) groups is 1. The summed E-state index contributed by atoms with van der Waals surface area (Å²) >= 11 is 1.55. The molecule has 1 saturated heterocycles. The maximum Gasteiger partial charge on any atom is 0.573 e. The number of halogens is 4. The third kappa shape index (κ3) is 8.54. The topological polar surface area (TPSA) is 72.6 Å². The Morgan fingerprint density at radius 3 is 2.46 bits per heavy atom. The molecule has 0 radical (unpaired) electrons. The number of alkyl halides is 3. The van der Waals surface area contributed by atoms with Crippen LogP contribution >= 0.6 is 11.8 Å². The summed E-state index contributed by atoms with van der Waals surface area (Å²) in [5, 5.41) is 5.14. The first-order valence-corrected chi connectivity index (χ1v) is 16.1. The minimum Gasteiger partial charge on any atom is -0.406 e. The van der Waals surface area contributed by atoms with Crippen LogP contribution in [0.15, 0.2) is 78.0 Å². The molecule has 1 unspecified atom stereocenters. The van der Waals surface area contributed by atoms with Crippen molar-refractivity contribution < 1.29 is 27.1 Å². The second-order valence-corrected chi connectivity index (χ2v) is 12.5. The Labute approximate surface area is 269 Å². The van der Waals surface area contributed by atoms with Crippen molar-refractivity contribution in [3.8, 4) is 22.8 Å². The number of anilines is 1. The number of benzene rings is 3. The third-order valence-corrected chi connectivity index (χ3v) is 8.70. The lowest BCUT2D eigenvalue weighted by molar-refractivity contribution is -0.274. The van der Waals surface area contributed by atoms with Crippen LogP contribution < -0.4 is 9.64 Å². The molecule has 5 rings (SSSR count). The van der Waals surface area contributed by atoms with Gasteiger partial charge in [-0.15, -0.1) is 18.3 Å². The molecule has 1 aliphatic heterocycles. The van der Waals surface area contributed by atoms with E-state index in [9.17, 15) is 22.4 Å². The number of thioether (sulfide) groups is 1. The van der Waals surface area contributed by atoms with Crippen molar-refractivity contribution in [3.05, 3.63) is 90.0 Å². The smallest absolute Gasteiger partial charge is 0.406 e. The minimum atomic E-state index is -4.75. The lowest BCUT2D eigenvalue weighted by Gasteiger charge is -2.23. The van der Waals surface area contributed by atoms with E-state index < -0.39 is 6.36 Å². The van der Waals surface area contributed by atoms with Gasteiger partial charge in [0.1, 0.15) is 17.9 Å². The van der Waals surface area contributed by atoms with Crippen molar-refractivity contribution in [1.82, 2.24) is 14.8 Å². The van der Waals surface area contributed by atoms with Gasteiger partial charge in [-0.25, -0.2) is 14.1 Å². The van der Waals surface area contributed by atoms with Gasteiger partial charge < -0.3 is 9.64 Å². The van der Waals surface area contributed by atoms with Gasteiger partial charge in [0.2, 0.25) is 5.91 Å². The molecule has 1 aromatic heterocycles. The lowest BCUT2D eigenvalue weighted by atomic mass is 9.94. The molecular weight excluding hydrogens is 618 g/mol. The Morgan fingerprint density at radius 1 is 1.02 bits per heavy atom. The first kappa shape index (κ1) is 33.2. The van der Waals surface area contributed by atoms with Crippen LogP contribution in [0.2, 0.25) is 0 Å². The van der Waals surface area contributed by atoms with Crippen molar-refractivity contribution in [2.45, 2.75) is 64.7 Å². The van der Waals surface area contributed by atoms with Crippen LogP contribution in [0.4, 0.5) is 23.2 Å². The maximum absolute atomic E-state index is 13.9. The highest BCUT2D eigenvalue weighted by molar-refractivity contribution is 8.14. The Kier molecular flexibility index (Phi) is 10.5. The number of amides is 1. The molecule has 3 aromatic carbocycles. The molecule has 1 aliphatic rings. The molecule has 0 spiro atoms. The van der Waals surface area contributed by atoms with Gasteiger partial charge in [-0.2, -0.15) is 4.99 Å². The summed E-state index contributed by atoms with van der Waals surface area (Å²) in [6, 6.07) is 18.2. The van der Waals surface area contributed by atoms with E-state index in [0.717, 1.165) is 53.9 Å². The van der Waals surface area contributed by atoms with E-state index in [0.29, 0.717) is 23.1 Å². The Balaban J connectivity index is 1.10. The highest BCUT2D eigenvalue weighted by atomic mass is 32.2. The van der Waals surface area contributed by atoms with Crippen LogP contribution in [-0.2, 0) is 4.79 Å². The summed E-state index contributed by atoms with van der Waals surface area (Å²) in [5.41, 5.74) is 4.34. The summed E-state index contributed by atoms with van der Waals surface area (Å²) in [6.07, 6.45) is -0.337. The lowest BCUT2D eigenvalue weighted by Crippen LogP contribution is -2.26. The van der Waals surface area contributed by atoms with Crippen molar-refractivity contribution in [2.75, 3.05) is 17.2 Å². The number of hydrogen-bond acceptors (Lipinski definition) is 5. The Hall–Kier alpha value is -4.19. The number of rotatable bonds is 11. The van der Waals surface area contributed by atoms with Crippen molar-refractivity contribution in [2.24, 2.45) is 4.99 Å². The molecule has 0 saturated carbocycles. The number of nitrogens with zero attached hydrogens (tertiary/aromatic N) is 5. The zero-order valence-electron chi connectivity index (χ0n) is 25.8. The average Bonchev–Trinajstić information content (AvgIpc) is 3.69. The molecule has 1 atom stereocenters. The summed E-state index contributed by atoms with van der Waals surface area (Å²) < 4.78 is 56.5. The molecule has 7 nitrogen and oxygen atoms in total. The fourth-order valence-electron chi connectivity index (χ4n) is 5.29. The van der Waals surface area contributed by atoms with E-state index in [1.165, 1.54) is 41.3 Å². The Bertz CT molecular complexity index is 1670. The normalized spacial score (nSPS) is 15.1. The van der Waals surface area contributed by atoms with Crippen LogP contribution in [-0.4, -0.2) is 44.5 Å². The quantitative estimate of drug-likeness (QED) is 0.119. The number of ether oxygens (including phenoxy) is 1. The number of aromatic nitrogens is 3. The number of amidine groups is 1. The number of carbonyl (C=O) groups excluding carboxylic acids is 1. The molecule has 4 aromatic rings. The summed E-state index contributed by atoms with van der Waals surface area (Å²) in [5.74, 6) is 1.04. The third-order valence-electron chi connectivity index (χ3n) is 7.74. The fourth-order valence-corrected chi connectivity index (χ4v) is 6.26. The highest BCUT2D eigenvalue weighted by Gasteiger charge is 2.31. The molecular formula is C34H35F4N5O2S. The van der Waals surface area contributed by atoms with E-state index >= 15 is 0 Å². The first-order valence-electron chi connectivity index (χ1n) is 15.2. The molecule has 1 fully saturated rings. The predicted molar refractivity (Wildman–Crippen MR) is 173 cm³/mol. The number of hydrogen-bond donors (Lipinski definition) is 0. The molecule has 0 N–H and O–H groups in total. The highest BCUT2D eigenvalue weighted by Crippen LogP contribution is 2.33. The first-order chi connectivity index (χ1) is 22.0. The van der Waals surface area contributed by atoms with Crippen LogP contribution in [0, 0.1) is 5.82 Å². The van der Waals surface area contributed by atoms with E-state index in [1.807, 2.05) is 43.0 Å². The van der Waals surface area contributed by atoms with Gasteiger partial charge in [0.25, 0.3) is 0 Å². The van der Waals surface area contributed by atoms with Crippen LogP contribution in [0.3, 0.4) is 0 Å². The van der Waals surface area contributed by atoms with Crippen LogP contribution in [0.25, 0.3) is 17.1 Å². The fraction of sp³-hybridized carbons (Fsp3) is 0.353. The monoisotopic (exact) mass is 653 g/mol. The van der Waals surface area contributed by atoms with Gasteiger partial charge in [0.15, 0.2) is 11.0 Å². The van der Waals surface area contributed by atoms with Crippen LogP contribution in [0.1, 0.15) is 69.4 Å². The summed E-state index contributed by atoms with van der Waals surface area (Å²) in [4.78, 5) is 23.5. The molecule has 242 valence electrons. The average molecular weight is 654 g/mol. The van der Waals surface area contributed by atoms with Gasteiger partial charge in [-0.05, 0) is 78.3 Å². The zero-order chi connectivity index (χ0) is 32.8. The number of carbonyl (C=O) groups is 1. The zero-order valence-corrected chi connectivity index (χ0v) is 26.6. The molecule has 46 heavy (non-hydrogen) atoms. The van der Waals surface area contributed by atoms with Gasteiger partial charge in [-0.3, -0.25) is 4.79 Å². The van der Waals surface area contributed by atoms with Gasteiger partial charge in [0.05, 0.1) is 5.69 Å². The van der Waals surface area contributed by atoms with Gasteiger partial charge in [-0.1, -0.05) is 63.2 Å². The predicted octanol–water partition coefficient (Wildman–Crippen LogP) is 8.90.